The molecule has 0 aliphatic heterocycles. The molecule has 6 rings (SSSR count). The Balaban J connectivity index is 1.58. The van der Waals surface area contributed by atoms with E-state index in [1.165, 1.54) is 66.3 Å². The second-order valence-corrected chi connectivity index (χ2v) is 10.1. The molecule has 0 heterocycles. The lowest BCUT2D eigenvalue weighted by Crippen LogP contribution is -2.12. The molecule has 0 aromatic heterocycles. The smallest absolute Gasteiger partial charge is 0.0491 e. The Morgan fingerprint density at radius 1 is 0.459 bits per heavy atom. The van der Waals surface area contributed by atoms with Crippen molar-refractivity contribution in [1.82, 2.24) is 0 Å². The first-order chi connectivity index (χ1) is 18.0. The average molecular weight is 478 g/mol. The number of rotatable bonds is 4. The molecule has 0 saturated heterocycles. The van der Waals surface area contributed by atoms with E-state index in [4.69, 9.17) is 0 Å². The van der Waals surface area contributed by atoms with E-state index in [2.05, 4.69) is 148 Å². The predicted octanol–water partition coefficient (Wildman–Crippen LogP) is 10.4. The number of nitrogens with zero attached hydrogens (tertiary/aromatic N) is 1. The summed E-state index contributed by atoms with van der Waals surface area (Å²) in [6, 6.07) is 41.9. The standard InChI is InChI=1S/C36H31N/c1-24-18-20-34(25(2)22-24)37(29-12-6-5-7-13-29)35-21-19-28(23-26(35)3)36-32-16-10-8-14-30(32)27(4)31-15-9-11-17-33(31)36/h5-23H,1-4H3. The van der Waals surface area contributed by atoms with E-state index >= 15 is 0 Å². The van der Waals surface area contributed by atoms with Gasteiger partial charge in [0, 0.05) is 17.1 Å². The van der Waals surface area contributed by atoms with Crippen molar-refractivity contribution in [3.05, 3.63) is 138 Å². The van der Waals surface area contributed by atoms with Gasteiger partial charge in [0.15, 0.2) is 0 Å². The Morgan fingerprint density at radius 2 is 0.973 bits per heavy atom. The molecule has 0 aliphatic carbocycles. The van der Waals surface area contributed by atoms with E-state index in [1.54, 1.807) is 0 Å². The summed E-state index contributed by atoms with van der Waals surface area (Å²) in [7, 11) is 0. The summed E-state index contributed by atoms with van der Waals surface area (Å²) in [4.78, 5) is 2.39. The van der Waals surface area contributed by atoms with Gasteiger partial charge in [-0.15, -0.1) is 0 Å². The second-order valence-electron chi connectivity index (χ2n) is 10.1. The molecule has 0 spiro atoms. The maximum Gasteiger partial charge on any atom is 0.0491 e. The Morgan fingerprint density at radius 3 is 1.54 bits per heavy atom. The summed E-state index contributed by atoms with van der Waals surface area (Å²) in [5.41, 5.74) is 11.3. The highest BCUT2D eigenvalue weighted by atomic mass is 15.1. The Bertz CT molecular complexity index is 1700. The van der Waals surface area contributed by atoms with Gasteiger partial charge in [0.1, 0.15) is 0 Å². The quantitative estimate of drug-likeness (QED) is 0.228. The van der Waals surface area contributed by atoms with Crippen LogP contribution in [0, 0.1) is 27.7 Å². The first-order valence-electron chi connectivity index (χ1n) is 13.0. The average Bonchev–Trinajstić information content (AvgIpc) is 2.92. The van der Waals surface area contributed by atoms with Crippen molar-refractivity contribution in [2.75, 3.05) is 4.90 Å². The van der Waals surface area contributed by atoms with Crippen LogP contribution in [0.25, 0.3) is 32.7 Å². The first kappa shape index (κ1) is 23.1. The molecule has 0 saturated carbocycles. The van der Waals surface area contributed by atoms with Gasteiger partial charge < -0.3 is 4.90 Å². The fourth-order valence-corrected chi connectivity index (χ4v) is 5.76. The maximum absolute atomic E-state index is 2.39. The zero-order chi connectivity index (χ0) is 25.5. The van der Waals surface area contributed by atoms with E-state index in [0.29, 0.717) is 0 Å². The topological polar surface area (TPSA) is 3.24 Å². The van der Waals surface area contributed by atoms with Gasteiger partial charge in [-0.3, -0.25) is 0 Å². The molecule has 37 heavy (non-hydrogen) atoms. The van der Waals surface area contributed by atoms with E-state index in [9.17, 15) is 0 Å². The van der Waals surface area contributed by atoms with Crippen LogP contribution in [0.5, 0.6) is 0 Å². The minimum Gasteiger partial charge on any atom is -0.310 e. The third-order valence-electron chi connectivity index (χ3n) is 7.53. The van der Waals surface area contributed by atoms with Crippen LogP contribution < -0.4 is 4.90 Å². The number of hydrogen-bond acceptors (Lipinski definition) is 1. The van der Waals surface area contributed by atoms with Gasteiger partial charge in [-0.2, -0.15) is 0 Å². The normalized spacial score (nSPS) is 11.2. The minimum atomic E-state index is 1.16. The SMILES string of the molecule is Cc1ccc(N(c2ccccc2)c2ccc(-c3c4ccccc4c(C)c4ccccc34)cc2C)c(C)c1. The van der Waals surface area contributed by atoms with Crippen molar-refractivity contribution in [1.29, 1.82) is 0 Å². The Hall–Kier alpha value is -4.36. The molecule has 0 aliphatic rings. The number of anilines is 3. The Labute approximate surface area is 219 Å². The van der Waals surface area contributed by atoms with Crippen molar-refractivity contribution < 1.29 is 0 Å². The van der Waals surface area contributed by atoms with Gasteiger partial charge in [0.25, 0.3) is 0 Å². The third kappa shape index (κ3) is 3.97. The summed E-state index contributed by atoms with van der Waals surface area (Å²) in [6.07, 6.45) is 0. The van der Waals surface area contributed by atoms with E-state index in [1.807, 2.05) is 0 Å². The van der Waals surface area contributed by atoms with Crippen molar-refractivity contribution >= 4 is 38.6 Å². The van der Waals surface area contributed by atoms with Crippen LogP contribution in [0.4, 0.5) is 17.1 Å². The van der Waals surface area contributed by atoms with Crippen LogP contribution in [0.3, 0.4) is 0 Å². The molecule has 0 amide bonds. The minimum absolute atomic E-state index is 1.16. The number of aryl methyl sites for hydroxylation is 4. The van der Waals surface area contributed by atoms with Crippen molar-refractivity contribution in [2.45, 2.75) is 27.7 Å². The Kier molecular flexibility index (Phi) is 5.77. The number of hydrogen-bond donors (Lipinski definition) is 0. The van der Waals surface area contributed by atoms with Crippen LogP contribution in [-0.2, 0) is 0 Å². The largest absolute Gasteiger partial charge is 0.310 e. The molecule has 180 valence electrons. The van der Waals surface area contributed by atoms with Crippen LogP contribution in [0.15, 0.2) is 115 Å². The van der Waals surface area contributed by atoms with Crippen LogP contribution >= 0.6 is 0 Å². The van der Waals surface area contributed by atoms with Crippen LogP contribution in [0.2, 0.25) is 0 Å². The first-order valence-corrected chi connectivity index (χ1v) is 13.0. The van der Waals surface area contributed by atoms with E-state index in [0.717, 1.165) is 5.69 Å². The monoisotopic (exact) mass is 477 g/mol. The van der Waals surface area contributed by atoms with Crippen molar-refractivity contribution in [3.8, 4) is 11.1 Å². The molecule has 0 unspecified atom stereocenters. The van der Waals surface area contributed by atoms with Crippen molar-refractivity contribution in [3.63, 3.8) is 0 Å². The number of para-hydroxylation sites is 1. The molecule has 0 atom stereocenters. The molecule has 6 aromatic carbocycles. The third-order valence-corrected chi connectivity index (χ3v) is 7.53. The summed E-state index contributed by atoms with van der Waals surface area (Å²) >= 11 is 0. The lowest BCUT2D eigenvalue weighted by molar-refractivity contribution is 1.22. The van der Waals surface area contributed by atoms with Crippen LogP contribution in [-0.4, -0.2) is 0 Å². The zero-order valence-electron chi connectivity index (χ0n) is 21.9. The molecule has 1 nitrogen and oxygen atoms in total. The maximum atomic E-state index is 2.39. The zero-order valence-corrected chi connectivity index (χ0v) is 21.9. The molecule has 0 fully saturated rings. The molecular formula is C36H31N. The molecule has 0 radical (unpaired) electrons. The second kappa shape index (κ2) is 9.26. The molecular weight excluding hydrogens is 446 g/mol. The number of fused-ring (bicyclic) bond motifs is 2. The highest BCUT2D eigenvalue weighted by Crippen LogP contribution is 2.43. The highest BCUT2D eigenvalue weighted by molar-refractivity contribution is 6.15. The van der Waals surface area contributed by atoms with Crippen molar-refractivity contribution in [2.24, 2.45) is 0 Å². The highest BCUT2D eigenvalue weighted by Gasteiger charge is 2.18. The van der Waals surface area contributed by atoms with Gasteiger partial charge in [-0.1, -0.05) is 90.5 Å². The molecule has 0 bridgehead atoms. The van der Waals surface area contributed by atoms with Gasteiger partial charge in [-0.25, -0.2) is 0 Å². The predicted molar refractivity (Wildman–Crippen MR) is 161 cm³/mol. The summed E-state index contributed by atoms with van der Waals surface area (Å²) < 4.78 is 0. The fourth-order valence-electron chi connectivity index (χ4n) is 5.76. The lowest BCUT2D eigenvalue weighted by atomic mass is 9.88. The lowest BCUT2D eigenvalue weighted by Gasteiger charge is -2.29. The molecule has 1 heteroatoms. The van der Waals surface area contributed by atoms with Gasteiger partial charge in [0.2, 0.25) is 0 Å². The summed E-state index contributed by atoms with van der Waals surface area (Å²) in [5.74, 6) is 0. The van der Waals surface area contributed by atoms with Gasteiger partial charge in [0.05, 0.1) is 0 Å². The fraction of sp³-hybridized carbons (Fsp3) is 0.111. The van der Waals surface area contributed by atoms with Crippen LogP contribution in [0.1, 0.15) is 22.3 Å². The summed E-state index contributed by atoms with van der Waals surface area (Å²) in [6.45, 7) is 8.83. The molecule has 6 aromatic rings. The van der Waals surface area contributed by atoms with E-state index in [-0.39, 0.29) is 0 Å². The summed E-state index contributed by atoms with van der Waals surface area (Å²) in [5, 5.41) is 5.25. The molecule has 0 N–H and O–H groups in total. The number of benzene rings is 6. The van der Waals surface area contributed by atoms with Gasteiger partial charge >= 0.3 is 0 Å². The van der Waals surface area contributed by atoms with E-state index < -0.39 is 0 Å². The van der Waals surface area contributed by atoms with Gasteiger partial charge in [-0.05, 0) is 107 Å².